The lowest BCUT2D eigenvalue weighted by Gasteiger charge is -2.10. The molecule has 6 heteroatoms. The molecule has 1 aromatic heterocycles. The highest BCUT2D eigenvalue weighted by molar-refractivity contribution is 5.97. The molecular formula is C14H17N3O3. The van der Waals surface area contributed by atoms with E-state index in [1.807, 2.05) is 6.92 Å². The van der Waals surface area contributed by atoms with Crippen molar-refractivity contribution in [1.82, 2.24) is 14.9 Å². The van der Waals surface area contributed by atoms with Crippen LogP contribution >= 0.6 is 0 Å². The van der Waals surface area contributed by atoms with Crippen molar-refractivity contribution in [3.63, 3.8) is 0 Å². The van der Waals surface area contributed by atoms with E-state index in [1.54, 1.807) is 26.0 Å². The standard InChI is InChI=1S/C14H17N3O3/c1-4-15-12(18)9-5-6-10-11(7-9)16-14(20)17(8(2)3)13(10)19/h5-8H,4H2,1-3H3,(H,15,18)(H,16,20). The zero-order chi connectivity index (χ0) is 14.9. The van der Waals surface area contributed by atoms with Gasteiger partial charge in [-0.15, -0.1) is 0 Å². The number of amides is 1. The lowest BCUT2D eigenvalue weighted by Crippen LogP contribution is -2.36. The van der Waals surface area contributed by atoms with Crippen LogP contribution in [0.4, 0.5) is 0 Å². The van der Waals surface area contributed by atoms with Crippen LogP contribution in [-0.2, 0) is 0 Å². The van der Waals surface area contributed by atoms with Gasteiger partial charge in [-0.1, -0.05) is 0 Å². The highest BCUT2D eigenvalue weighted by Gasteiger charge is 2.12. The maximum atomic E-state index is 12.2. The van der Waals surface area contributed by atoms with E-state index in [4.69, 9.17) is 0 Å². The molecule has 1 amide bonds. The largest absolute Gasteiger partial charge is 0.352 e. The molecule has 0 fully saturated rings. The maximum Gasteiger partial charge on any atom is 0.329 e. The minimum absolute atomic E-state index is 0.223. The van der Waals surface area contributed by atoms with Crippen LogP contribution in [0.1, 0.15) is 37.2 Å². The number of nitrogens with zero attached hydrogens (tertiary/aromatic N) is 1. The van der Waals surface area contributed by atoms with Gasteiger partial charge in [0.15, 0.2) is 0 Å². The number of H-pyrrole nitrogens is 1. The SMILES string of the molecule is CCNC(=O)c1ccc2c(=O)n(C(C)C)c(=O)[nH]c2c1. The Hall–Kier alpha value is -2.37. The zero-order valence-corrected chi connectivity index (χ0v) is 11.7. The van der Waals surface area contributed by atoms with Gasteiger partial charge in [0.1, 0.15) is 0 Å². The van der Waals surface area contributed by atoms with E-state index in [9.17, 15) is 14.4 Å². The molecular weight excluding hydrogens is 258 g/mol. The van der Waals surface area contributed by atoms with Crippen molar-refractivity contribution in [2.75, 3.05) is 6.54 Å². The van der Waals surface area contributed by atoms with Crippen molar-refractivity contribution < 1.29 is 4.79 Å². The summed E-state index contributed by atoms with van der Waals surface area (Å²) in [5.74, 6) is -0.233. The summed E-state index contributed by atoms with van der Waals surface area (Å²) in [5.41, 5.74) is -0.0240. The average Bonchev–Trinajstić information content (AvgIpc) is 2.37. The van der Waals surface area contributed by atoms with Crippen LogP contribution in [0.15, 0.2) is 27.8 Å². The first kappa shape index (κ1) is 14.0. The number of aromatic amines is 1. The molecule has 2 aromatic rings. The normalized spacial score (nSPS) is 11.0. The predicted molar refractivity (Wildman–Crippen MR) is 77.2 cm³/mol. The molecule has 20 heavy (non-hydrogen) atoms. The third kappa shape index (κ3) is 2.36. The molecule has 0 saturated carbocycles. The molecule has 0 unspecified atom stereocenters. The first-order valence-corrected chi connectivity index (χ1v) is 6.52. The first-order chi connectivity index (χ1) is 9.45. The van der Waals surface area contributed by atoms with Crippen LogP contribution in [0.2, 0.25) is 0 Å². The lowest BCUT2D eigenvalue weighted by atomic mass is 10.1. The molecule has 1 heterocycles. The van der Waals surface area contributed by atoms with E-state index in [-0.39, 0.29) is 17.5 Å². The molecule has 0 spiro atoms. The number of fused-ring (bicyclic) bond motifs is 1. The van der Waals surface area contributed by atoms with Gasteiger partial charge in [0, 0.05) is 18.2 Å². The number of nitrogens with one attached hydrogen (secondary N) is 2. The lowest BCUT2D eigenvalue weighted by molar-refractivity contribution is 0.0956. The van der Waals surface area contributed by atoms with Crippen LogP contribution in [0, 0.1) is 0 Å². The van der Waals surface area contributed by atoms with Crippen molar-refractivity contribution in [2.45, 2.75) is 26.8 Å². The smallest absolute Gasteiger partial charge is 0.329 e. The minimum Gasteiger partial charge on any atom is -0.352 e. The topological polar surface area (TPSA) is 84.0 Å². The van der Waals surface area contributed by atoms with Crippen LogP contribution in [0.5, 0.6) is 0 Å². The Labute approximate surface area is 115 Å². The quantitative estimate of drug-likeness (QED) is 0.877. The summed E-state index contributed by atoms with van der Waals surface area (Å²) in [6.45, 7) is 5.88. The van der Waals surface area contributed by atoms with Crippen LogP contribution in [-0.4, -0.2) is 22.0 Å². The molecule has 106 valence electrons. The summed E-state index contributed by atoms with van der Waals surface area (Å²) >= 11 is 0. The summed E-state index contributed by atoms with van der Waals surface area (Å²) in [7, 11) is 0. The van der Waals surface area contributed by atoms with E-state index >= 15 is 0 Å². The molecule has 0 aliphatic carbocycles. The highest BCUT2D eigenvalue weighted by Crippen LogP contribution is 2.10. The Bertz CT molecular complexity index is 771. The number of aromatic nitrogens is 2. The van der Waals surface area contributed by atoms with Gasteiger partial charge in [-0.05, 0) is 39.0 Å². The summed E-state index contributed by atoms with van der Waals surface area (Å²) in [5, 5.41) is 3.07. The Morgan fingerprint density at radius 3 is 2.65 bits per heavy atom. The van der Waals surface area contributed by atoms with Crippen LogP contribution in [0.25, 0.3) is 10.9 Å². The van der Waals surface area contributed by atoms with E-state index in [0.717, 1.165) is 4.57 Å². The van der Waals surface area contributed by atoms with Crippen molar-refractivity contribution in [3.05, 3.63) is 44.6 Å². The Balaban J connectivity index is 2.67. The summed E-state index contributed by atoms with van der Waals surface area (Å²) < 4.78 is 1.16. The summed E-state index contributed by atoms with van der Waals surface area (Å²) in [6, 6.07) is 4.45. The second kappa shape index (κ2) is 5.32. The van der Waals surface area contributed by atoms with Crippen molar-refractivity contribution in [2.24, 2.45) is 0 Å². The molecule has 0 atom stereocenters. The number of carbonyl (C=O) groups is 1. The number of hydrogen-bond donors (Lipinski definition) is 2. The molecule has 1 aromatic carbocycles. The highest BCUT2D eigenvalue weighted by atomic mass is 16.2. The molecule has 2 rings (SSSR count). The molecule has 0 radical (unpaired) electrons. The summed E-state index contributed by atoms with van der Waals surface area (Å²) in [4.78, 5) is 38.5. The average molecular weight is 275 g/mol. The fraction of sp³-hybridized carbons (Fsp3) is 0.357. The molecule has 0 bridgehead atoms. The second-order valence-electron chi connectivity index (χ2n) is 4.82. The molecule has 6 nitrogen and oxygen atoms in total. The van der Waals surface area contributed by atoms with Gasteiger partial charge < -0.3 is 10.3 Å². The van der Waals surface area contributed by atoms with E-state index in [0.29, 0.717) is 23.0 Å². The Morgan fingerprint density at radius 1 is 1.35 bits per heavy atom. The van der Waals surface area contributed by atoms with E-state index in [1.165, 1.54) is 6.07 Å². The maximum absolute atomic E-state index is 12.2. The minimum atomic E-state index is -0.467. The van der Waals surface area contributed by atoms with Gasteiger partial charge in [-0.3, -0.25) is 14.2 Å². The molecule has 0 aliphatic rings. The van der Waals surface area contributed by atoms with Gasteiger partial charge in [0.2, 0.25) is 0 Å². The number of carbonyl (C=O) groups excluding carboxylic acids is 1. The number of benzene rings is 1. The van der Waals surface area contributed by atoms with Crippen molar-refractivity contribution in [1.29, 1.82) is 0 Å². The van der Waals surface area contributed by atoms with Gasteiger partial charge in [0.05, 0.1) is 10.9 Å². The third-order valence-corrected chi connectivity index (χ3v) is 3.05. The van der Waals surface area contributed by atoms with Gasteiger partial charge in [0.25, 0.3) is 11.5 Å². The Morgan fingerprint density at radius 2 is 2.05 bits per heavy atom. The monoisotopic (exact) mass is 275 g/mol. The van der Waals surface area contributed by atoms with Crippen molar-refractivity contribution >= 4 is 16.8 Å². The number of hydrogen-bond acceptors (Lipinski definition) is 3. The van der Waals surface area contributed by atoms with E-state index in [2.05, 4.69) is 10.3 Å². The van der Waals surface area contributed by atoms with Gasteiger partial charge in [-0.25, -0.2) is 4.79 Å². The van der Waals surface area contributed by atoms with E-state index < -0.39 is 5.69 Å². The van der Waals surface area contributed by atoms with Gasteiger partial charge >= 0.3 is 5.69 Å². The summed E-state index contributed by atoms with van der Waals surface area (Å²) in [6.07, 6.45) is 0. The van der Waals surface area contributed by atoms with Crippen molar-refractivity contribution in [3.8, 4) is 0 Å². The second-order valence-corrected chi connectivity index (χ2v) is 4.82. The van der Waals surface area contributed by atoms with Crippen LogP contribution in [0.3, 0.4) is 0 Å². The van der Waals surface area contributed by atoms with Crippen LogP contribution < -0.4 is 16.6 Å². The molecule has 0 aliphatic heterocycles. The third-order valence-electron chi connectivity index (χ3n) is 3.05. The first-order valence-electron chi connectivity index (χ1n) is 6.52. The predicted octanol–water partition coefficient (Wildman–Crippen LogP) is 1.02. The zero-order valence-electron chi connectivity index (χ0n) is 11.7. The number of rotatable bonds is 3. The Kier molecular flexibility index (Phi) is 3.74. The van der Waals surface area contributed by atoms with Gasteiger partial charge in [-0.2, -0.15) is 0 Å². The fourth-order valence-electron chi connectivity index (χ4n) is 2.10. The fourth-order valence-corrected chi connectivity index (χ4v) is 2.10. The molecule has 2 N–H and O–H groups in total. The molecule has 0 saturated heterocycles.